The molecule has 24 heavy (non-hydrogen) atoms. The van der Waals surface area contributed by atoms with E-state index in [0.29, 0.717) is 18.2 Å². The predicted molar refractivity (Wildman–Crippen MR) is 94.6 cm³/mol. The molecular weight excluding hydrogens is 306 g/mol. The molecule has 6 nitrogen and oxygen atoms in total. The zero-order valence-corrected chi connectivity index (χ0v) is 14.9. The van der Waals surface area contributed by atoms with E-state index in [-0.39, 0.29) is 5.69 Å². The summed E-state index contributed by atoms with van der Waals surface area (Å²) in [6.07, 6.45) is 0.834. The first-order valence-electron chi connectivity index (χ1n) is 7.93. The van der Waals surface area contributed by atoms with Gasteiger partial charge in [-0.1, -0.05) is 26.0 Å². The minimum absolute atomic E-state index is 0.252. The van der Waals surface area contributed by atoms with Crippen LogP contribution in [0.5, 0.6) is 5.75 Å². The zero-order valence-electron chi connectivity index (χ0n) is 14.9. The smallest absolute Gasteiger partial charge is 0.356 e. The average molecular weight is 331 g/mol. The second-order valence-electron chi connectivity index (χ2n) is 4.70. The molecule has 0 atom stereocenters. The van der Waals surface area contributed by atoms with Crippen molar-refractivity contribution in [3.8, 4) is 5.75 Å². The molecule has 0 saturated carbocycles. The molecule has 1 aromatic carbocycles. The monoisotopic (exact) mass is 331 g/mol. The van der Waals surface area contributed by atoms with Gasteiger partial charge in [0.05, 0.1) is 14.2 Å². The Morgan fingerprint density at radius 1 is 1.12 bits per heavy atom. The molecule has 0 aliphatic heterocycles. The minimum Gasteiger partial charge on any atom is -0.497 e. The fourth-order valence-corrected chi connectivity index (χ4v) is 1.99. The van der Waals surface area contributed by atoms with Gasteiger partial charge in [-0.2, -0.15) is 0 Å². The molecule has 0 saturated heterocycles. The molecule has 0 spiro atoms. The number of methoxy groups -OCH3 is 2. The molecule has 0 bridgehead atoms. The van der Waals surface area contributed by atoms with Crippen molar-refractivity contribution in [3.05, 3.63) is 47.4 Å². The van der Waals surface area contributed by atoms with Crippen molar-refractivity contribution >= 4 is 11.8 Å². The Balaban J connectivity index is 0.00000139. The van der Waals surface area contributed by atoms with E-state index in [1.807, 2.05) is 38.1 Å². The number of hydrogen-bond donors (Lipinski definition) is 1. The van der Waals surface area contributed by atoms with Crippen LogP contribution in [0.1, 0.15) is 35.7 Å². The minimum atomic E-state index is -0.469. The largest absolute Gasteiger partial charge is 0.497 e. The molecule has 0 radical (unpaired) electrons. The molecule has 6 heteroatoms. The standard InChI is InChI=1S/C16H19N3O3.C2H6/c1-11-18-14(16(20)22-3)10-15(19-11)17-9-8-12-4-6-13(21-2)7-5-12;1-2/h4-7,10H,8-9H2,1-3H3,(H,17,18,19);1-2H3. The molecule has 1 heterocycles. The van der Waals surface area contributed by atoms with E-state index in [2.05, 4.69) is 20.0 Å². The summed E-state index contributed by atoms with van der Waals surface area (Å²) in [5.41, 5.74) is 1.44. The van der Waals surface area contributed by atoms with E-state index in [4.69, 9.17) is 4.74 Å². The van der Waals surface area contributed by atoms with E-state index in [0.717, 1.165) is 12.2 Å². The quantitative estimate of drug-likeness (QED) is 0.819. The van der Waals surface area contributed by atoms with Crippen LogP contribution in [0, 0.1) is 6.92 Å². The van der Waals surface area contributed by atoms with Gasteiger partial charge in [-0.05, 0) is 31.0 Å². The summed E-state index contributed by atoms with van der Waals surface area (Å²) in [6.45, 7) is 6.44. The van der Waals surface area contributed by atoms with Gasteiger partial charge in [-0.15, -0.1) is 0 Å². The Hall–Kier alpha value is -2.63. The maximum absolute atomic E-state index is 11.5. The summed E-state index contributed by atoms with van der Waals surface area (Å²) in [5, 5.41) is 3.19. The lowest BCUT2D eigenvalue weighted by atomic mass is 10.1. The normalized spacial score (nSPS) is 9.54. The van der Waals surface area contributed by atoms with Gasteiger partial charge in [0.2, 0.25) is 0 Å². The SMILES string of the molecule is CC.COC(=O)c1cc(NCCc2ccc(OC)cc2)nc(C)n1. The van der Waals surface area contributed by atoms with E-state index in [1.165, 1.54) is 12.7 Å². The number of ether oxygens (including phenoxy) is 2. The number of benzene rings is 1. The number of carbonyl (C=O) groups is 1. The van der Waals surface area contributed by atoms with Crippen molar-refractivity contribution in [1.82, 2.24) is 9.97 Å². The van der Waals surface area contributed by atoms with Gasteiger partial charge in [-0.25, -0.2) is 14.8 Å². The Morgan fingerprint density at radius 3 is 2.38 bits per heavy atom. The second-order valence-corrected chi connectivity index (χ2v) is 4.70. The summed E-state index contributed by atoms with van der Waals surface area (Å²) < 4.78 is 9.80. The highest BCUT2D eigenvalue weighted by molar-refractivity contribution is 5.87. The van der Waals surface area contributed by atoms with E-state index in [9.17, 15) is 4.79 Å². The van der Waals surface area contributed by atoms with Crippen molar-refractivity contribution in [3.63, 3.8) is 0 Å². The zero-order chi connectivity index (χ0) is 17.9. The van der Waals surface area contributed by atoms with Crippen LogP contribution >= 0.6 is 0 Å². The van der Waals surface area contributed by atoms with Gasteiger partial charge < -0.3 is 14.8 Å². The summed E-state index contributed by atoms with van der Waals surface area (Å²) in [5.74, 6) is 1.51. The molecule has 1 aromatic heterocycles. The first-order chi connectivity index (χ1) is 11.6. The Bertz CT molecular complexity index is 642. The van der Waals surface area contributed by atoms with Gasteiger partial charge in [-0.3, -0.25) is 0 Å². The highest BCUT2D eigenvalue weighted by Gasteiger charge is 2.10. The lowest BCUT2D eigenvalue weighted by Crippen LogP contribution is -2.11. The summed E-state index contributed by atoms with van der Waals surface area (Å²) in [4.78, 5) is 19.8. The number of nitrogens with zero attached hydrogens (tertiary/aromatic N) is 2. The maximum Gasteiger partial charge on any atom is 0.356 e. The number of aromatic nitrogens is 2. The highest BCUT2D eigenvalue weighted by atomic mass is 16.5. The van der Waals surface area contributed by atoms with Crippen molar-refractivity contribution in [2.45, 2.75) is 27.2 Å². The molecule has 0 unspecified atom stereocenters. The summed E-state index contributed by atoms with van der Waals surface area (Å²) in [6, 6.07) is 9.49. The molecule has 0 amide bonds. The van der Waals surface area contributed by atoms with Crippen molar-refractivity contribution in [1.29, 1.82) is 0 Å². The van der Waals surface area contributed by atoms with Crippen molar-refractivity contribution in [2.24, 2.45) is 0 Å². The molecule has 0 fully saturated rings. The Kier molecular flexibility index (Phi) is 8.25. The van der Waals surface area contributed by atoms with Gasteiger partial charge in [0, 0.05) is 12.6 Å². The number of nitrogens with one attached hydrogen (secondary N) is 1. The van der Waals surface area contributed by atoms with Gasteiger partial charge in [0.15, 0.2) is 5.69 Å². The third kappa shape index (κ3) is 5.87. The van der Waals surface area contributed by atoms with Crippen LogP contribution in [0.4, 0.5) is 5.82 Å². The van der Waals surface area contributed by atoms with E-state index >= 15 is 0 Å². The van der Waals surface area contributed by atoms with Crippen LogP contribution in [0.2, 0.25) is 0 Å². The third-order valence-corrected chi connectivity index (χ3v) is 3.11. The van der Waals surface area contributed by atoms with E-state index in [1.54, 1.807) is 20.1 Å². The number of hydrogen-bond acceptors (Lipinski definition) is 6. The van der Waals surface area contributed by atoms with Gasteiger partial charge >= 0.3 is 5.97 Å². The number of aryl methyl sites for hydroxylation is 1. The number of rotatable bonds is 6. The fraction of sp³-hybridized carbons (Fsp3) is 0.389. The maximum atomic E-state index is 11.5. The average Bonchev–Trinajstić information content (AvgIpc) is 2.63. The first kappa shape index (κ1) is 19.4. The highest BCUT2D eigenvalue weighted by Crippen LogP contribution is 2.12. The topological polar surface area (TPSA) is 73.3 Å². The molecule has 2 aromatic rings. The molecular formula is C18H25N3O3. The van der Waals surface area contributed by atoms with Crippen LogP contribution in [-0.4, -0.2) is 36.7 Å². The first-order valence-corrected chi connectivity index (χ1v) is 7.93. The van der Waals surface area contributed by atoms with Crippen LogP contribution in [-0.2, 0) is 11.2 Å². The third-order valence-electron chi connectivity index (χ3n) is 3.11. The lowest BCUT2D eigenvalue weighted by molar-refractivity contribution is 0.0593. The lowest BCUT2D eigenvalue weighted by Gasteiger charge is -2.08. The van der Waals surface area contributed by atoms with Crippen molar-refractivity contribution < 1.29 is 14.3 Å². The Labute approximate surface area is 143 Å². The summed E-state index contributed by atoms with van der Waals surface area (Å²) in [7, 11) is 2.98. The fourth-order valence-electron chi connectivity index (χ4n) is 1.99. The molecule has 0 aliphatic carbocycles. The number of carbonyl (C=O) groups excluding carboxylic acids is 1. The number of anilines is 1. The van der Waals surface area contributed by atoms with Crippen LogP contribution < -0.4 is 10.1 Å². The molecule has 1 N–H and O–H groups in total. The molecule has 0 aliphatic rings. The summed E-state index contributed by atoms with van der Waals surface area (Å²) >= 11 is 0. The van der Waals surface area contributed by atoms with Crippen LogP contribution in [0.3, 0.4) is 0 Å². The second kappa shape index (κ2) is 10.2. The Morgan fingerprint density at radius 2 is 1.79 bits per heavy atom. The molecule has 2 rings (SSSR count). The number of esters is 1. The van der Waals surface area contributed by atoms with Crippen LogP contribution in [0.25, 0.3) is 0 Å². The van der Waals surface area contributed by atoms with Gasteiger partial charge in [0.1, 0.15) is 17.4 Å². The van der Waals surface area contributed by atoms with E-state index < -0.39 is 5.97 Å². The van der Waals surface area contributed by atoms with Crippen LogP contribution in [0.15, 0.2) is 30.3 Å². The van der Waals surface area contributed by atoms with Gasteiger partial charge in [0.25, 0.3) is 0 Å². The predicted octanol–water partition coefficient (Wildman–Crippen LogP) is 3.26. The molecule has 130 valence electrons. The van der Waals surface area contributed by atoms with Crippen molar-refractivity contribution in [2.75, 3.05) is 26.1 Å².